The van der Waals surface area contributed by atoms with Crippen LogP contribution in [0.25, 0.3) is 22.4 Å². The molecule has 0 radical (unpaired) electrons. The molecule has 1 aliphatic heterocycles. The molecule has 0 bridgehead atoms. The molecule has 2 saturated carbocycles. The molecule has 2 amide bonds. The summed E-state index contributed by atoms with van der Waals surface area (Å²) in [6.07, 6.45) is 8.15. The Morgan fingerprint density at radius 2 is 1.71 bits per heavy atom. The molecule has 3 aliphatic rings. The summed E-state index contributed by atoms with van der Waals surface area (Å²) in [7, 11) is 0. The number of aromatic nitrogens is 2. The van der Waals surface area contributed by atoms with Gasteiger partial charge in [0.1, 0.15) is 5.69 Å². The molecule has 8 nitrogen and oxygen atoms in total. The van der Waals surface area contributed by atoms with Gasteiger partial charge < -0.3 is 21.1 Å². The van der Waals surface area contributed by atoms with Crippen molar-refractivity contribution in [3.05, 3.63) is 66.2 Å². The van der Waals surface area contributed by atoms with Gasteiger partial charge in [-0.05, 0) is 81.4 Å². The first-order valence-electron chi connectivity index (χ1n) is 15.3. The van der Waals surface area contributed by atoms with Crippen molar-refractivity contribution < 1.29 is 14.7 Å². The number of piperidine rings is 1. The van der Waals surface area contributed by atoms with Crippen molar-refractivity contribution in [1.29, 1.82) is 0 Å². The molecule has 0 atom stereocenters. The minimum Gasteiger partial charge on any atom is -0.390 e. The monoisotopic (exact) mass is 567 g/mol. The van der Waals surface area contributed by atoms with Gasteiger partial charge in [-0.1, -0.05) is 54.6 Å². The maximum atomic E-state index is 13.1. The number of nitrogens with one attached hydrogen (secondary N) is 1. The third-order valence-corrected chi connectivity index (χ3v) is 9.36. The molecule has 0 spiro atoms. The molecule has 42 heavy (non-hydrogen) atoms. The number of rotatable bonds is 7. The van der Waals surface area contributed by atoms with E-state index >= 15 is 0 Å². The molecule has 2 aliphatic carbocycles. The number of nitrogens with two attached hydrogens (primary N) is 1. The van der Waals surface area contributed by atoms with Crippen LogP contribution in [0.5, 0.6) is 0 Å². The average molecular weight is 568 g/mol. The molecule has 0 unspecified atom stereocenters. The summed E-state index contributed by atoms with van der Waals surface area (Å²) in [6, 6.07) is 20.2. The zero-order valence-electron chi connectivity index (χ0n) is 24.4. The van der Waals surface area contributed by atoms with E-state index in [1.54, 1.807) is 0 Å². The average Bonchev–Trinajstić information content (AvgIpc) is 2.97. The lowest BCUT2D eigenvalue weighted by atomic mass is 9.63. The molecule has 4 N–H and O–H groups in total. The molecule has 3 aromatic rings. The van der Waals surface area contributed by atoms with Gasteiger partial charge in [0.2, 0.25) is 11.8 Å². The number of carbonyl (C=O) groups is 2. The first-order chi connectivity index (χ1) is 20.2. The molecule has 6 rings (SSSR count). The standard InChI is InChI=1S/C34H41N5O3/c1-33(42)21-34(35,22-33)26-14-12-25(13-15-26)32-28(24-7-3-2-4-8-24)20-29(37-38-32)36-30(40)19-23-10-16-27(17-11-23)39-18-6-5-9-31(39)41/h2-4,7-8,12-15,20,23,27,42H,5-6,9-11,16-19,21-22,35H2,1H3,(H,36,37,40)/t23-,27-,33?,34?. The van der Waals surface area contributed by atoms with Crippen molar-refractivity contribution >= 4 is 17.6 Å². The first-order valence-corrected chi connectivity index (χ1v) is 15.3. The van der Waals surface area contributed by atoms with Gasteiger partial charge in [-0.2, -0.15) is 0 Å². The van der Waals surface area contributed by atoms with Gasteiger partial charge in [-0.25, -0.2) is 0 Å². The number of hydrogen-bond acceptors (Lipinski definition) is 6. The summed E-state index contributed by atoms with van der Waals surface area (Å²) in [6.45, 7) is 2.70. The number of nitrogens with zero attached hydrogens (tertiary/aromatic N) is 3. The molecule has 2 heterocycles. The first kappa shape index (κ1) is 28.5. The molecular weight excluding hydrogens is 526 g/mol. The van der Waals surface area contributed by atoms with Gasteiger partial charge >= 0.3 is 0 Å². The normalized spacial score (nSPS) is 27.8. The van der Waals surface area contributed by atoms with E-state index < -0.39 is 11.1 Å². The van der Waals surface area contributed by atoms with Crippen molar-refractivity contribution in [2.24, 2.45) is 11.7 Å². The van der Waals surface area contributed by atoms with Crippen LogP contribution in [0.3, 0.4) is 0 Å². The number of benzene rings is 2. The van der Waals surface area contributed by atoms with Crippen LogP contribution in [-0.4, -0.2) is 50.2 Å². The Morgan fingerprint density at radius 1 is 1.00 bits per heavy atom. The van der Waals surface area contributed by atoms with Crippen LogP contribution >= 0.6 is 0 Å². The van der Waals surface area contributed by atoms with Crippen LogP contribution in [0.1, 0.15) is 76.7 Å². The minimum atomic E-state index is -0.716. The van der Waals surface area contributed by atoms with Crippen molar-refractivity contribution in [1.82, 2.24) is 15.1 Å². The highest BCUT2D eigenvalue weighted by atomic mass is 16.3. The highest BCUT2D eigenvalue weighted by molar-refractivity contribution is 5.91. The Kier molecular flexibility index (Phi) is 7.85. The largest absolute Gasteiger partial charge is 0.390 e. The molecule has 2 aromatic carbocycles. The molecule has 3 fully saturated rings. The number of amides is 2. The van der Waals surface area contributed by atoms with Crippen LogP contribution in [0.15, 0.2) is 60.7 Å². The number of hydrogen-bond donors (Lipinski definition) is 3. The summed E-state index contributed by atoms with van der Waals surface area (Å²) in [4.78, 5) is 27.5. The van der Waals surface area contributed by atoms with E-state index in [0.717, 1.165) is 73.0 Å². The van der Waals surface area contributed by atoms with Gasteiger partial charge in [0.05, 0.1) is 5.60 Å². The summed E-state index contributed by atoms with van der Waals surface area (Å²) >= 11 is 0. The van der Waals surface area contributed by atoms with Crippen LogP contribution < -0.4 is 11.1 Å². The Bertz CT molecular complexity index is 1420. The summed E-state index contributed by atoms with van der Waals surface area (Å²) in [5.41, 5.74) is 9.80. The number of aliphatic hydroxyl groups is 1. The third kappa shape index (κ3) is 6.10. The van der Waals surface area contributed by atoms with Crippen LogP contribution in [0, 0.1) is 5.92 Å². The van der Waals surface area contributed by atoms with Gasteiger partial charge in [-0.15, -0.1) is 10.2 Å². The van der Waals surface area contributed by atoms with Crippen molar-refractivity contribution in [2.75, 3.05) is 11.9 Å². The lowest BCUT2D eigenvalue weighted by molar-refractivity contribution is -0.136. The van der Waals surface area contributed by atoms with Crippen LogP contribution in [-0.2, 0) is 15.1 Å². The Morgan fingerprint density at radius 3 is 2.38 bits per heavy atom. The Labute approximate surface area is 247 Å². The molecule has 1 saturated heterocycles. The summed E-state index contributed by atoms with van der Waals surface area (Å²) in [5, 5.41) is 22.2. The lowest BCUT2D eigenvalue weighted by Crippen LogP contribution is -2.58. The van der Waals surface area contributed by atoms with Gasteiger partial charge in [0.15, 0.2) is 5.82 Å². The maximum absolute atomic E-state index is 13.1. The lowest BCUT2D eigenvalue weighted by Gasteiger charge is -2.49. The topological polar surface area (TPSA) is 121 Å². The van der Waals surface area contributed by atoms with E-state index in [1.807, 2.05) is 67.6 Å². The number of likely N-dealkylation sites (tertiary alicyclic amines) is 1. The van der Waals surface area contributed by atoms with Crippen molar-refractivity contribution in [3.8, 4) is 22.4 Å². The Hall–Kier alpha value is -3.62. The molecule has 220 valence electrons. The number of anilines is 1. The van der Waals surface area contributed by atoms with Crippen molar-refractivity contribution in [2.45, 2.75) is 88.3 Å². The summed E-state index contributed by atoms with van der Waals surface area (Å²) < 4.78 is 0. The number of carbonyl (C=O) groups excluding carboxylic acids is 2. The molecule has 8 heteroatoms. The highest BCUT2D eigenvalue weighted by Crippen LogP contribution is 2.46. The second-order valence-electron chi connectivity index (χ2n) is 12.9. The molecular formula is C34H41N5O3. The fourth-order valence-corrected chi connectivity index (χ4v) is 7.30. The van der Waals surface area contributed by atoms with E-state index in [0.29, 0.717) is 49.4 Å². The fraction of sp³-hybridized carbons (Fsp3) is 0.471. The van der Waals surface area contributed by atoms with Crippen LogP contribution in [0.4, 0.5) is 5.82 Å². The van der Waals surface area contributed by atoms with E-state index in [4.69, 9.17) is 5.73 Å². The SMILES string of the molecule is CC1(O)CC(N)(c2ccc(-c3nnc(NC(=O)C[C@H]4CC[C@H](N5CCCCC5=O)CC4)cc3-c3ccccc3)cc2)C1. The van der Waals surface area contributed by atoms with Crippen LogP contribution in [0.2, 0.25) is 0 Å². The third-order valence-electron chi connectivity index (χ3n) is 9.36. The predicted molar refractivity (Wildman–Crippen MR) is 163 cm³/mol. The maximum Gasteiger partial charge on any atom is 0.225 e. The summed E-state index contributed by atoms with van der Waals surface area (Å²) in [5.74, 6) is 0.989. The second kappa shape index (κ2) is 11.6. The quantitative estimate of drug-likeness (QED) is 0.351. The second-order valence-corrected chi connectivity index (χ2v) is 12.9. The zero-order chi connectivity index (χ0) is 29.3. The van der Waals surface area contributed by atoms with E-state index in [1.165, 1.54) is 0 Å². The van der Waals surface area contributed by atoms with E-state index in [2.05, 4.69) is 20.4 Å². The highest BCUT2D eigenvalue weighted by Gasteiger charge is 2.49. The predicted octanol–water partition coefficient (Wildman–Crippen LogP) is 5.41. The minimum absolute atomic E-state index is 0.0532. The van der Waals surface area contributed by atoms with Crippen molar-refractivity contribution in [3.63, 3.8) is 0 Å². The smallest absolute Gasteiger partial charge is 0.225 e. The zero-order valence-corrected chi connectivity index (χ0v) is 24.4. The van der Waals surface area contributed by atoms with Gasteiger partial charge in [0, 0.05) is 42.1 Å². The van der Waals surface area contributed by atoms with E-state index in [9.17, 15) is 14.7 Å². The van der Waals surface area contributed by atoms with Gasteiger partial charge in [-0.3, -0.25) is 9.59 Å². The molecule has 1 aromatic heterocycles. The van der Waals surface area contributed by atoms with E-state index in [-0.39, 0.29) is 5.91 Å². The Balaban J connectivity index is 1.14. The van der Waals surface area contributed by atoms with Gasteiger partial charge in [0.25, 0.3) is 0 Å². The fourth-order valence-electron chi connectivity index (χ4n) is 7.30.